The zero-order valence-corrected chi connectivity index (χ0v) is 10.3. The van der Waals surface area contributed by atoms with Crippen LogP contribution >= 0.6 is 0 Å². The Morgan fingerprint density at radius 1 is 1.33 bits per heavy atom. The van der Waals surface area contributed by atoms with Crippen LogP contribution in [0, 0.1) is 11.3 Å². The van der Waals surface area contributed by atoms with Crippen molar-refractivity contribution >= 4 is 0 Å². The summed E-state index contributed by atoms with van der Waals surface area (Å²) in [5.41, 5.74) is 1.72. The van der Waals surface area contributed by atoms with Crippen molar-refractivity contribution in [2.24, 2.45) is 0 Å². The molecule has 18 heavy (non-hydrogen) atoms. The van der Waals surface area contributed by atoms with Crippen molar-refractivity contribution in [2.75, 3.05) is 0 Å². The highest BCUT2D eigenvalue weighted by Gasteiger charge is 2.14. The summed E-state index contributed by atoms with van der Waals surface area (Å²) < 4.78 is 0. The summed E-state index contributed by atoms with van der Waals surface area (Å²) >= 11 is 0. The molecule has 2 N–H and O–H groups in total. The maximum atomic E-state index is 8.87. The normalized spacial score (nSPS) is 13.8. The van der Waals surface area contributed by atoms with Gasteiger partial charge in [0.25, 0.3) is 0 Å². The van der Waals surface area contributed by atoms with Gasteiger partial charge in [-0.3, -0.25) is 0 Å². The summed E-state index contributed by atoms with van der Waals surface area (Å²) in [4.78, 5) is 0. The molecule has 0 fully saturated rings. The van der Waals surface area contributed by atoms with Crippen LogP contribution in [0.3, 0.4) is 0 Å². The number of nitrogens with one attached hydrogen (secondary N) is 2. The fourth-order valence-electron chi connectivity index (χ4n) is 1.78. The minimum Gasteiger partial charge on any atom is -0.301 e. The van der Waals surface area contributed by atoms with Crippen molar-refractivity contribution in [2.45, 2.75) is 25.9 Å². The maximum absolute atomic E-state index is 8.87. The van der Waals surface area contributed by atoms with E-state index in [2.05, 4.69) is 32.0 Å². The van der Waals surface area contributed by atoms with Crippen molar-refractivity contribution in [1.82, 2.24) is 25.9 Å². The molecule has 92 valence electrons. The van der Waals surface area contributed by atoms with E-state index in [0.717, 1.165) is 5.56 Å². The Kier molecular flexibility index (Phi) is 3.65. The fraction of sp³-hybridized carbons (Fsp3) is 0.333. The predicted octanol–water partition coefficient (Wildman–Crippen LogP) is 1.48. The molecule has 0 amide bonds. The van der Waals surface area contributed by atoms with Crippen LogP contribution in [0.15, 0.2) is 24.3 Å². The second-order valence-corrected chi connectivity index (χ2v) is 4.12. The van der Waals surface area contributed by atoms with E-state index in [0.29, 0.717) is 11.4 Å². The van der Waals surface area contributed by atoms with Gasteiger partial charge in [0.05, 0.1) is 17.7 Å². The first-order chi connectivity index (χ1) is 8.70. The molecular formula is C12H14N6. The summed E-state index contributed by atoms with van der Waals surface area (Å²) in [6, 6.07) is 9.76. The van der Waals surface area contributed by atoms with E-state index in [9.17, 15) is 0 Å². The standard InChI is InChI=1S/C12H14N6/c1-8(11-5-3-4-10(6-11)7-13)14-9(2)12-15-17-18-16-12/h3-6,8-9,14H,1-2H3,(H,15,16,17,18). The lowest BCUT2D eigenvalue weighted by atomic mass is 10.0. The van der Waals surface area contributed by atoms with Crippen molar-refractivity contribution in [3.05, 3.63) is 41.2 Å². The molecule has 0 spiro atoms. The zero-order chi connectivity index (χ0) is 13.0. The second-order valence-electron chi connectivity index (χ2n) is 4.12. The van der Waals surface area contributed by atoms with Gasteiger partial charge in [0.2, 0.25) is 0 Å². The summed E-state index contributed by atoms with van der Waals surface area (Å²) in [7, 11) is 0. The summed E-state index contributed by atoms with van der Waals surface area (Å²) in [5, 5.41) is 26.1. The van der Waals surface area contributed by atoms with Gasteiger partial charge in [-0.25, -0.2) is 0 Å². The predicted molar refractivity (Wildman–Crippen MR) is 65.3 cm³/mol. The van der Waals surface area contributed by atoms with Crippen molar-refractivity contribution < 1.29 is 0 Å². The van der Waals surface area contributed by atoms with Crippen LogP contribution in [0.5, 0.6) is 0 Å². The molecule has 6 nitrogen and oxygen atoms in total. The molecule has 2 unspecified atom stereocenters. The smallest absolute Gasteiger partial charge is 0.191 e. The molecule has 0 aliphatic rings. The fourth-order valence-corrected chi connectivity index (χ4v) is 1.78. The lowest BCUT2D eigenvalue weighted by molar-refractivity contribution is 0.477. The lowest BCUT2D eigenvalue weighted by Gasteiger charge is -2.18. The van der Waals surface area contributed by atoms with Crippen LogP contribution in [-0.4, -0.2) is 20.6 Å². The monoisotopic (exact) mass is 242 g/mol. The van der Waals surface area contributed by atoms with E-state index in [-0.39, 0.29) is 12.1 Å². The number of rotatable bonds is 4. The molecule has 0 aliphatic carbocycles. The number of hydrogen-bond acceptors (Lipinski definition) is 5. The first-order valence-electron chi connectivity index (χ1n) is 5.70. The molecule has 0 saturated carbocycles. The highest BCUT2D eigenvalue weighted by atomic mass is 15.5. The number of hydrogen-bond donors (Lipinski definition) is 2. The number of aromatic amines is 1. The van der Waals surface area contributed by atoms with E-state index in [1.54, 1.807) is 6.07 Å². The van der Waals surface area contributed by atoms with E-state index in [1.165, 1.54) is 0 Å². The topological polar surface area (TPSA) is 90.3 Å². The SMILES string of the molecule is CC(NC(C)c1nn[nH]n1)c1cccc(C#N)c1. The molecule has 2 aromatic rings. The number of H-pyrrole nitrogens is 1. The minimum absolute atomic E-state index is 0.00973. The van der Waals surface area contributed by atoms with Crippen LogP contribution in [0.2, 0.25) is 0 Å². The van der Waals surface area contributed by atoms with Gasteiger partial charge in [-0.2, -0.15) is 10.5 Å². The Labute approximate surface area is 105 Å². The molecule has 2 atom stereocenters. The van der Waals surface area contributed by atoms with Crippen LogP contribution in [0.4, 0.5) is 0 Å². The van der Waals surface area contributed by atoms with E-state index < -0.39 is 0 Å². The summed E-state index contributed by atoms with van der Waals surface area (Å²) in [6.45, 7) is 4.00. The highest BCUT2D eigenvalue weighted by molar-refractivity contribution is 5.34. The van der Waals surface area contributed by atoms with Crippen LogP contribution in [-0.2, 0) is 0 Å². The van der Waals surface area contributed by atoms with Gasteiger partial charge < -0.3 is 5.32 Å². The molecule has 1 aromatic carbocycles. The average Bonchev–Trinajstić information content (AvgIpc) is 2.92. The van der Waals surface area contributed by atoms with E-state index in [4.69, 9.17) is 5.26 Å². The number of aromatic nitrogens is 4. The first-order valence-corrected chi connectivity index (χ1v) is 5.70. The van der Waals surface area contributed by atoms with Gasteiger partial charge in [0.15, 0.2) is 5.82 Å². The largest absolute Gasteiger partial charge is 0.301 e. The Balaban J connectivity index is 2.07. The first kappa shape index (κ1) is 12.2. The van der Waals surface area contributed by atoms with Gasteiger partial charge in [0, 0.05) is 6.04 Å². The van der Waals surface area contributed by atoms with Gasteiger partial charge in [-0.05, 0) is 31.5 Å². The number of tetrazole rings is 1. The third kappa shape index (κ3) is 2.70. The molecule has 6 heteroatoms. The Morgan fingerprint density at radius 2 is 2.17 bits per heavy atom. The summed E-state index contributed by atoms with van der Waals surface area (Å²) in [5.74, 6) is 0.623. The maximum Gasteiger partial charge on any atom is 0.191 e. The molecule has 0 aliphatic heterocycles. The Hall–Kier alpha value is -2.26. The lowest BCUT2D eigenvalue weighted by Crippen LogP contribution is -2.23. The second kappa shape index (κ2) is 5.38. The molecule has 0 bridgehead atoms. The number of benzene rings is 1. The average molecular weight is 242 g/mol. The van der Waals surface area contributed by atoms with Crippen molar-refractivity contribution in [3.8, 4) is 6.07 Å². The van der Waals surface area contributed by atoms with Gasteiger partial charge in [-0.15, -0.1) is 10.2 Å². The molecular weight excluding hydrogens is 228 g/mol. The quantitative estimate of drug-likeness (QED) is 0.847. The van der Waals surface area contributed by atoms with Crippen LogP contribution < -0.4 is 5.32 Å². The van der Waals surface area contributed by atoms with Gasteiger partial charge >= 0.3 is 0 Å². The summed E-state index contributed by atoms with van der Waals surface area (Å²) in [6.07, 6.45) is 0. The Bertz CT molecular complexity index is 542. The zero-order valence-electron chi connectivity index (χ0n) is 10.3. The van der Waals surface area contributed by atoms with Gasteiger partial charge in [0.1, 0.15) is 0 Å². The van der Waals surface area contributed by atoms with E-state index in [1.807, 2.05) is 32.0 Å². The third-order valence-corrected chi connectivity index (χ3v) is 2.76. The number of nitriles is 1. The molecule has 1 heterocycles. The van der Waals surface area contributed by atoms with Gasteiger partial charge in [-0.1, -0.05) is 17.3 Å². The third-order valence-electron chi connectivity index (χ3n) is 2.76. The van der Waals surface area contributed by atoms with E-state index >= 15 is 0 Å². The van der Waals surface area contributed by atoms with Crippen molar-refractivity contribution in [1.29, 1.82) is 5.26 Å². The minimum atomic E-state index is -0.00973. The van der Waals surface area contributed by atoms with Crippen LogP contribution in [0.25, 0.3) is 0 Å². The van der Waals surface area contributed by atoms with Crippen LogP contribution in [0.1, 0.15) is 42.9 Å². The Morgan fingerprint density at radius 3 is 2.83 bits per heavy atom. The highest BCUT2D eigenvalue weighted by Crippen LogP contribution is 2.17. The van der Waals surface area contributed by atoms with Crippen molar-refractivity contribution in [3.63, 3.8) is 0 Å². The molecule has 0 saturated heterocycles. The molecule has 0 radical (unpaired) electrons. The number of nitrogens with zero attached hydrogens (tertiary/aromatic N) is 4. The molecule has 1 aromatic heterocycles. The molecule has 2 rings (SSSR count).